The molecule has 18 heavy (non-hydrogen) atoms. The van der Waals surface area contributed by atoms with Gasteiger partial charge in [0, 0.05) is 24.5 Å². The fourth-order valence-corrected chi connectivity index (χ4v) is 1.88. The molecule has 0 aliphatic carbocycles. The summed E-state index contributed by atoms with van der Waals surface area (Å²) in [5.41, 5.74) is 6.93. The second-order valence-corrected chi connectivity index (χ2v) is 4.57. The lowest BCUT2D eigenvalue weighted by atomic mass is 9.89. The van der Waals surface area contributed by atoms with Gasteiger partial charge in [-0.05, 0) is 36.2 Å². The van der Waals surface area contributed by atoms with Crippen LogP contribution in [-0.4, -0.2) is 15.2 Å². The van der Waals surface area contributed by atoms with Gasteiger partial charge in [0.25, 0.3) is 0 Å². The van der Waals surface area contributed by atoms with E-state index in [1.165, 1.54) is 0 Å². The van der Waals surface area contributed by atoms with Crippen molar-refractivity contribution in [1.82, 2.24) is 4.98 Å². The third kappa shape index (κ3) is 2.60. The van der Waals surface area contributed by atoms with Crippen LogP contribution in [0.15, 0.2) is 42.7 Å². The maximum Gasteiger partial charge on any atom is 0.115 e. The minimum absolute atomic E-state index is 0.176. The molecule has 1 atom stereocenters. The van der Waals surface area contributed by atoms with Gasteiger partial charge in [0.2, 0.25) is 0 Å². The SMILES string of the molecule is CC(O)(Cc1cnccc1N)c1ccc(O)cc1. The van der Waals surface area contributed by atoms with E-state index in [2.05, 4.69) is 4.98 Å². The zero-order valence-electron chi connectivity index (χ0n) is 10.2. The Kier molecular flexibility index (Phi) is 3.21. The van der Waals surface area contributed by atoms with Crippen LogP contribution in [0.2, 0.25) is 0 Å². The van der Waals surface area contributed by atoms with Crippen molar-refractivity contribution in [2.45, 2.75) is 18.9 Å². The van der Waals surface area contributed by atoms with E-state index < -0.39 is 5.60 Å². The first-order valence-corrected chi connectivity index (χ1v) is 5.69. The van der Waals surface area contributed by atoms with E-state index in [0.29, 0.717) is 12.1 Å². The number of phenolic OH excluding ortho intramolecular Hbond substituents is 1. The number of aliphatic hydroxyl groups is 1. The van der Waals surface area contributed by atoms with Gasteiger partial charge in [-0.2, -0.15) is 0 Å². The number of nitrogens with zero attached hydrogens (tertiary/aromatic N) is 1. The number of anilines is 1. The Labute approximate surface area is 106 Å². The van der Waals surface area contributed by atoms with Gasteiger partial charge in [0.1, 0.15) is 5.75 Å². The third-order valence-electron chi connectivity index (χ3n) is 2.97. The summed E-state index contributed by atoms with van der Waals surface area (Å²) in [6, 6.07) is 8.21. The van der Waals surface area contributed by atoms with Crippen molar-refractivity contribution in [3.8, 4) is 5.75 Å². The summed E-state index contributed by atoms with van der Waals surface area (Å²) < 4.78 is 0. The average Bonchev–Trinajstić information content (AvgIpc) is 2.32. The minimum Gasteiger partial charge on any atom is -0.508 e. The van der Waals surface area contributed by atoms with Gasteiger partial charge in [-0.15, -0.1) is 0 Å². The van der Waals surface area contributed by atoms with Crippen LogP contribution in [0, 0.1) is 0 Å². The van der Waals surface area contributed by atoms with Gasteiger partial charge in [-0.25, -0.2) is 0 Å². The van der Waals surface area contributed by atoms with E-state index in [1.807, 2.05) is 0 Å². The lowest BCUT2D eigenvalue weighted by Crippen LogP contribution is -2.24. The van der Waals surface area contributed by atoms with Crippen LogP contribution in [0.25, 0.3) is 0 Å². The summed E-state index contributed by atoms with van der Waals surface area (Å²) in [5.74, 6) is 0.176. The van der Waals surface area contributed by atoms with Crippen LogP contribution in [-0.2, 0) is 12.0 Å². The lowest BCUT2D eigenvalue weighted by molar-refractivity contribution is 0.0577. The largest absolute Gasteiger partial charge is 0.508 e. The molecule has 1 aromatic carbocycles. The fraction of sp³-hybridized carbons (Fsp3) is 0.214. The molecule has 1 heterocycles. The van der Waals surface area contributed by atoms with Crippen LogP contribution in [0.5, 0.6) is 5.75 Å². The Morgan fingerprint density at radius 1 is 1.22 bits per heavy atom. The third-order valence-corrected chi connectivity index (χ3v) is 2.97. The molecule has 4 heteroatoms. The molecule has 4 nitrogen and oxygen atoms in total. The van der Waals surface area contributed by atoms with Crippen molar-refractivity contribution in [2.75, 3.05) is 5.73 Å². The van der Waals surface area contributed by atoms with Crippen molar-refractivity contribution in [3.63, 3.8) is 0 Å². The Morgan fingerprint density at radius 3 is 2.50 bits per heavy atom. The second kappa shape index (κ2) is 4.66. The van der Waals surface area contributed by atoms with Crippen LogP contribution in [0.1, 0.15) is 18.1 Å². The highest BCUT2D eigenvalue weighted by atomic mass is 16.3. The van der Waals surface area contributed by atoms with Crippen molar-refractivity contribution < 1.29 is 10.2 Å². The number of pyridine rings is 1. The predicted molar refractivity (Wildman–Crippen MR) is 70.0 cm³/mol. The zero-order chi connectivity index (χ0) is 13.2. The molecule has 94 valence electrons. The summed E-state index contributed by atoms with van der Waals surface area (Å²) >= 11 is 0. The number of phenols is 1. The first-order chi connectivity index (χ1) is 8.49. The molecule has 0 aliphatic heterocycles. The van der Waals surface area contributed by atoms with Crippen molar-refractivity contribution >= 4 is 5.69 Å². The molecular formula is C14H16N2O2. The van der Waals surface area contributed by atoms with Gasteiger partial charge in [-0.1, -0.05) is 12.1 Å². The summed E-state index contributed by atoms with van der Waals surface area (Å²) in [6.07, 6.45) is 3.65. The summed E-state index contributed by atoms with van der Waals surface area (Å²) in [7, 11) is 0. The van der Waals surface area contributed by atoms with Gasteiger partial charge >= 0.3 is 0 Å². The summed E-state index contributed by atoms with van der Waals surface area (Å²) in [6.45, 7) is 1.71. The number of nitrogens with two attached hydrogens (primary N) is 1. The molecule has 2 rings (SSSR count). The minimum atomic E-state index is -1.05. The van der Waals surface area contributed by atoms with Crippen LogP contribution < -0.4 is 5.73 Å². The van der Waals surface area contributed by atoms with E-state index in [9.17, 15) is 10.2 Å². The topological polar surface area (TPSA) is 79.4 Å². The Bertz CT molecular complexity index is 536. The van der Waals surface area contributed by atoms with Crippen LogP contribution in [0.4, 0.5) is 5.69 Å². The molecule has 0 spiro atoms. The normalized spacial score (nSPS) is 14.1. The summed E-state index contributed by atoms with van der Waals surface area (Å²) in [5, 5.41) is 19.7. The molecule has 0 fully saturated rings. The maximum atomic E-state index is 10.5. The molecule has 1 unspecified atom stereocenters. The van der Waals surface area contributed by atoms with Crippen molar-refractivity contribution in [3.05, 3.63) is 53.9 Å². The van der Waals surface area contributed by atoms with E-state index in [4.69, 9.17) is 5.73 Å². The van der Waals surface area contributed by atoms with E-state index in [0.717, 1.165) is 11.1 Å². The van der Waals surface area contributed by atoms with E-state index >= 15 is 0 Å². The molecule has 0 amide bonds. The Balaban J connectivity index is 2.27. The highest BCUT2D eigenvalue weighted by Crippen LogP contribution is 2.28. The molecule has 0 bridgehead atoms. The number of aromatic hydroxyl groups is 1. The smallest absolute Gasteiger partial charge is 0.115 e. The number of benzene rings is 1. The quantitative estimate of drug-likeness (QED) is 0.769. The summed E-state index contributed by atoms with van der Waals surface area (Å²) in [4.78, 5) is 4.01. The number of nitrogen functional groups attached to an aromatic ring is 1. The number of aromatic nitrogens is 1. The standard InChI is InChI=1S/C14H16N2O2/c1-14(18,11-2-4-12(17)5-3-11)8-10-9-16-7-6-13(10)15/h2-7,9,17-18H,8H2,1H3,(H2,15,16). The maximum absolute atomic E-state index is 10.5. The van der Waals surface area contributed by atoms with Crippen LogP contribution in [0.3, 0.4) is 0 Å². The molecular weight excluding hydrogens is 228 g/mol. The van der Waals surface area contributed by atoms with Crippen molar-refractivity contribution in [2.24, 2.45) is 0 Å². The van der Waals surface area contributed by atoms with Gasteiger partial charge < -0.3 is 15.9 Å². The first-order valence-electron chi connectivity index (χ1n) is 5.69. The average molecular weight is 244 g/mol. The van der Waals surface area contributed by atoms with Gasteiger partial charge in [-0.3, -0.25) is 4.98 Å². The van der Waals surface area contributed by atoms with Gasteiger partial charge in [0.15, 0.2) is 0 Å². The molecule has 2 aromatic rings. The monoisotopic (exact) mass is 244 g/mol. The van der Waals surface area contributed by atoms with Crippen LogP contribution >= 0.6 is 0 Å². The second-order valence-electron chi connectivity index (χ2n) is 4.57. The van der Waals surface area contributed by atoms with Crippen molar-refractivity contribution in [1.29, 1.82) is 0 Å². The molecule has 0 saturated heterocycles. The Morgan fingerprint density at radius 2 is 1.89 bits per heavy atom. The highest BCUT2D eigenvalue weighted by molar-refractivity contribution is 5.45. The fourth-order valence-electron chi connectivity index (χ4n) is 1.88. The lowest BCUT2D eigenvalue weighted by Gasteiger charge is -2.24. The number of rotatable bonds is 3. The first kappa shape index (κ1) is 12.4. The number of hydrogen-bond acceptors (Lipinski definition) is 4. The van der Waals surface area contributed by atoms with E-state index in [-0.39, 0.29) is 5.75 Å². The molecule has 4 N–H and O–H groups in total. The molecule has 0 radical (unpaired) electrons. The Hall–Kier alpha value is -2.07. The molecule has 1 aromatic heterocycles. The number of hydrogen-bond donors (Lipinski definition) is 3. The molecule has 0 saturated carbocycles. The van der Waals surface area contributed by atoms with Gasteiger partial charge in [0.05, 0.1) is 5.60 Å². The highest BCUT2D eigenvalue weighted by Gasteiger charge is 2.24. The zero-order valence-corrected chi connectivity index (χ0v) is 10.2. The van der Waals surface area contributed by atoms with E-state index in [1.54, 1.807) is 49.6 Å². The predicted octanol–water partition coefficient (Wildman–Crippen LogP) is 1.82. The molecule has 0 aliphatic rings.